The summed E-state index contributed by atoms with van der Waals surface area (Å²) in [5.41, 5.74) is 0. The van der Waals surface area contributed by atoms with Gasteiger partial charge in [-0.1, -0.05) is 0 Å². The van der Waals surface area contributed by atoms with Gasteiger partial charge in [0.1, 0.15) is 17.4 Å². The lowest BCUT2D eigenvalue weighted by Gasteiger charge is -1.68. The predicted octanol–water partition coefficient (Wildman–Crippen LogP) is -2.39. The molecule has 4 N–H and O–H groups in total. The first-order valence-electron chi connectivity index (χ1n) is 0.698. The third-order valence-corrected chi connectivity index (χ3v) is 0. The topological polar surface area (TPSA) is 106 Å². The summed E-state index contributed by atoms with van der Waals surface area (Å²) in [7, 11) is -4.67. The minimum absolute atomic E-state index is 0. The van der Waals surface area contributed by atoms with E-state index >= 15 is 0 Å². The fraction of sp³-hybridized carbons (Fsp3) is 0. The van der Waals surface area contributed by atoms with Crippen molar-refractivity contribution >= 4 is 27.8 Å². The van der Waals surface area contributed by atoms with Gasteiger partial charge >= 0.3 is 10.4 Å². The lowest BCUT2D eigenvalue weighted by atomic mass is 15.8. The first-order chi connectivity index (χ1) is 2.00. The highest BCUT2D eigenvalue weighted by atomic mass is 32.3. The summed E-state index contributed by atoms with van der Waals surface area (Å²) in [5, 5.41) is 0. The molecular formula is H6AlO5S. The minimum Gasteiger partial charge on any atom is -0.412 e. The summed E-state index contributed by atoms with van der Waals surface area (Å²) in [6.07, 6.45) is 0. The molecule has 0 amide bonds. The van der Waals surface area contributed by atoms with Gasteiger partial charge in [-0.05, 0) is 0 Å². The van der Waals surface area contributed by atoms with Crippen LogP contribution in [0.1, 0.15) is 0 Å². The van der Waals surface area contributed by atoms with Crippen LogP contribution in [-0.4, -0.2) is 40.4 Å². The van der Waals surface area contributed by atoms with Crippen LogP contribution in [0.3, 0.4) is 0 Å². The van der Waals surface area contributed by atoms with Crippen LogP contribution < -0.4 is 0 Å². The molecule has 0 aromatic rings. The summed E-state index contributed by atoms with van der Waals surface area (Å²) < 4.78 is 31.6. The van der Waals surface area contributed by atoms with Crippen LogP contribution in [0, 0.1) is 0 Å². The van der Waals surface area contributed by atoms with Crippen LogP contribution in [0.15, 0.2) is 0 Å². The van der Waals surface area contributed by atoms with Crippen LogP contribution in [0.2, 0.25) is 0 Å². The van der Waals surface area contributed by atoms with E-state index in [1.54, 1.807) is 0 Å². The Kier molecular flexibility index (Phi) is 10.1. The smallest absolute Gasteiger partial charge is 0.394 e. The van der Waals surface area contributed by atoms with Gasteiger partial charge in [-0.3, -0.25) is 9.11 Å². The van der Waals surface area contributed by atoms with Gasteiger partial charge in [0.2, 0.25) is 0 Å². The standard InChI is InChI=1S/Al.H2O4S.H2O.2H/c;1-5(2,3)4;;;/h;(H2,1,2,3,4);1H2;;. The van der Waals surface area contributed by atoms with Gasteiger partial charge in [-0.2, -0.15) is 8.42 Å². The Balaban J connectivity index is -0.0000000800. The highest BCUT2D eigenvalue weighted by Crippen LogP contribution is 1.59. The summed E-state index contributed by atoms with van der Waals surface area (Å²) in [4.78, 5) is 0. The largest absolute Gasteiger partial charge is 0.412 e. The van der Waals surface area contributed by atoms with Crippen molar-refractivity contribution in [1.82, 2.24) is 0 Å². The van der Waals surface area contributed by atoms with Crippen molar-refractivity contribution in [3.63, 3.8) is 0 Å². The summed E-state index contributed by atoms with van der Waals surface area (Å²) in [6.45, 7) is 0. The van der Waals surface area contributed by atoms with Gasteiger partial charge in [-0.25, -0.2) is 0 Å². The van der Waals surface area contributed by atoms with E-state index in [0.717, 1.165) is 0 Å². The zero-order valence-electron chi connectivity index (χ0n) is 3.62. The van der Waals surface area contributed by atoms with E-state index in [1.165, 1.54) is 0 Å². The van der Waals surface area contributed by atoms with Gasteiger partial charge in [0.15, 0.2) is 0 Å². The molecule has 0 rings (SSSR count). The van der Waals surface area contributed by atoms with Crippen molar-refractivity contribution in [1.29, 1.82) is 0 Å². The second kappa shape index (κ2) is 4.52. The Morgan fingerprint density at radius 3 is 1.14 bits per heavy atom. The maximum Gasteiger partial charge on any atom is 0.394 e. The SMILES string of the molecule is O.O=S(=O)(O)O.[AlH2]. The van der Waals surface area contributed by atoms with E-state index in [-0.39, 0.29) is 22.8 Å². The summed E-state index contributed by atoms with van der Waals surface area (Å²) in [5.74, 6) is 0. The van der Waals surface area contributed by atoms with Crippen molar-refractivity contribution in [2.45, 2.75) is 0 Å². The second-order valence-electron chi connectivity index (χ2n) is 0.448. The quantitative estimate of drug-likeness (QED) is 0.293. The Labute approximate surface area is 51.4 Å². The Morgan fingerprint density at radius 1 is 1.14 bits per heavy atom. The van der Waals surface area contributed by atoms with Gasteiger partial charge < -0.3 is 5.48 Å². The molecule has 7 heavy (non-hydrogen) atoms. The predicted molar refractivity (Wildman–Crippen MR) is 26.3 cm³/mol. The van der Waals surface area contributed by atoms with Crippen molar-refractivity contribution in [3.8, 4) is 0 Å². The van der Waals surface area contributed by atoms with Crippen molar-refractivity contribution in [2.24, 2.45) is 0 Å². The van der Waals surface area contributed by atoms with Crippen LogP contribution in [0.5, 0.6) is 0 Å². The third kappa shape index (κ3) is 922. The van der Waals surface area contributed by atoms with Crippen molar-refractivity contribution < 1.29 is 23.0 Å². The monoisotopic (exact) mass is 145 g/mol. The molecule has 0 aliphatic carbocycles. The van der Waals surface area contributed by atoms with E-state index in [4.69, 9.17) is 17.5 Å². The molecule has 5 nitrogen and oxygen atoms in total. The minimum atomic E-state index is -4.67. The summed E-state index contributed by atoms with van der Waals surface area (Å²) in [6, 6.07) is 0. The summed E-state index contributed by atoms with van der Waals surface area (Å²) >= 11 is 0. The fourth-order valence-corrected chi connectivity index (χ4v) is 0. The average Bonchev–Trinajstić information content (AvgIpc) is 0.722. The zero-order valence-corrected chi connectivity index (χ0v) is 6.44. The number of hydrogen-bond acceptors (Lipinski definition) is 2. The molecule has 0 saturated heterocycles. The maximum absolute atomic E-state index is 8.74. The maximum atomic E-state index is 8.74. The molecule has 7 heteroatoms. The molecule has 0 spiro atoms. The van der Waals surface area contributed by atoms with Gasteiger partial charge in [0, 0.05) is 0 Å². The Morgan fingerprint density at radius 2 is 1.14 bits per heavy atom. The van der Waals surface area contributed by atoms with Crippen molar-refractivity contribution in [3.05, 3.63) is 0 Å². The molecule has 0 unspecified atom stereocenters. The molecule has 0 bridgehead atoms. The highest BCUT2D eigenvalue weighted by Gasteiger charge is 1.84. The normalized spacial score (nSPS) is 8.29. The molecule has 0 fully saturated rings. The fourth-order valence-electron chi connectivity index (χ4n) is 0. The molecule has 0 aliphatic heterocycles. The molecule has 1 radical (unpaired) electrons. The lowest BCUT2D eigenvalue weighted by Crippen LogP contribution is -1.89. The first kappa shape index (κ1) is 15.7. The zero-order chi connectivity index (χ0) is 4.50. The third-order valence-electron chi connectivity index (χ3n) is 0. The van der Waals surface area contributed by atoms with E-state index in [9.17, 15) is 0 Å². The molecule has 0 aromatic carbocycles. The lowest BCUT2D eigenvalue weighted by molar-refractivity contribution is 0.381. The van der Waals surface area contributed by atoms with E-state index in [0.29, 0.717) is 0 Å². The van der Waals surface area contributed by atoms with Crippen LogP contribution in [0.4, 0.5) is 0 Å². The van der Waals surface area contributed by atoms with E-state index in [2.05, 4.69) is 0 Å². The molecule has 45 valence electrons. The molecule has 0 aromatic heterocycles. The van der Waals surface area contributed by atoms with Crippen LogP contribution in [0.25, 0.3) is 0 Å². The van der Waals surface area contributed by atoms with E-state index in [1.807, 2.05) is 0 Å². The van der Waals surface area contributed by atoms with E-state index < -0.39 is 10.4 Å². The molecule has 0 saturated carbocycles. The molecule has 0 heterocycles. The second-order valence-corrected chi connectivity index (χ2v) is 1.34. The Hall–Kier alpha value is 0.362. The first-order valence-corrected chi connectivity index (χ1v) is 2.10. The molecule has 0 atom stereocenters. The van der Waals surface area contributed by atoms with Gasteiger partial charge in [-0.15, -0.1) is 0 Å². The molecular weight excluding hydrogens is 139 g/mol. The van der Waals surface area contributed by atoms with Crippen LogP contribution >= 0.6 is 0 Å². The average molecular weight is 145 g/mol. The van der Waals surface area contributed by atoms with Crippen molar-refractivity contribution in [2.75, 3.05) is 0 Å². The number of rotatable bonds is 0. The Bertz CT molecular complexity index is 91.2. The molecule has 0 aliphatic rings. The van der Waals surface area contributed by atoms with Gasteiger partial charge in [0.25, 0.3) is 0 Å². The number of hydrogen-bond donors (Lipinski definition) is 2. The van der Waals surface area contributed by atoms with Gasteiger partial charge in [0.05, 0.1) is 0 Å². The van der Waals surface area contributed by atoms with Crippen LogP contribution in [-0.2, 0) is 10.4 Å². The highest BCUT2D eigenvalue weighted by molar-refractivity contribution is 7.79.